The van der Waals surface area contributed by atoms with Gasteiger partial charge < -0.3 is 0 Å². The lowest BCUT2D eigenvalue weighted by Gasteiger charge is -2.23. The second-order valence-electron chi connectivity index (χ2n) is 8.90. The summed E-state index contributed by atoms with van der Waals surface area (Å²) in [5, 5.41) is 16.4. The van der Waals surface area contributed by atoms with Gasteiger partial charge in [-0.1, -0.05) is 97.1 Å². The molecule has 0 saturated heterocycles. The van der Waals surface area contributed by atoms with Crippen molar-refractivity contribution in [1.82, 2.24) is 20.2 Å². The van der Waals surface area contributed by atoms with E-state index in [0.717, 1.165) is 31.4 Å². The zero-order valence-electron chi connectivity index (χ0n) is 20.6. The van der Waals surface area contributed by atoms with Crippen LogP contribution in [0.4, 0.5) is 22.0 Å². The molecule has 0 saturated carbocycles. The summed E-state index contributed by atoms with van der Waals surface area (Å²) in [6.45, 7) is -0.772. The molecule has 1 aromatic heterocycles. The van der Waals surface area contributed by atoms with Crippen LogP contribution in [0.3, 0.4) is 0 Å². The number of fused-ring (bicyclic) bond motifs is 1. The van der Waals surface area contributed by atoms with Gasteiger partial charge in [-0.15, -0.1) is 5.10 Å². The Morgan fingerprint density at radius 2 is 1.15 bits per heavy atom. The first-order chi connectivity index (χ1) is 19.5. The minimum Gasteiger partial charge on any atom is -0.221 e. The SMILES string of the molecule is Fc1c(F)c(F)c(Cn2nnnc2-c2c(P(c3ccccc3)c3ccccc3)ccc3ccccc23)c(F)c1F. The Bertz CT molecular complexity index is 1780. The molecule has 0 radical (unpaired) electrons. The number of hydrogen-bond acceptors (Lipinski definition) is 3. The lowest BCUT2D eigenvalue weighted by molar-refractivity contribution is 0.366. The molecule has 0 aliphatic heterocycles. The zero-order valence-corrected chi connectivity index (χ0v) is 21.5. The molecule has 0 N–H and O–H groups in total. The Hall–Kier alpha value is -4.49. The lowest BCUT2D eigenvalue weighted by atomic mass is 10.0. The van der Waals surface area contributed by atoms with Crippen LogP contribution in [0.1, 0.15) is 5.56 Å². The molecule has 0 aliphatic carbocycles. The van der Waals surface area contributed by atoms with Crippen LogP contribution >= 0.6 is 7.92 Å². The minimum atomic E-state index is -2.22. The predicted molar refractivity (Wildman–Crippen MR) is 145 cm³/mol. The van der Waals surface area contributed by atoms with Crippen LogP contribution in [0.25, 0.3) is 22.2 Å². The summed E-state index contributed by atoms with van der Waals surface area (Å²) in [5.41, 5.74) is -0.425. The van der Waals surface area contributed by atoms with Gasteiger partial charge in [-0.05, 0) is 45.0 Å². The van der Waals surface area contributed by atoms with Gasteiger partial charge in [0, 0.05) is 5.56 Å². The van der Waals surface area contributed by atoms with Crippen molar-refractivity contribution in [3.8, 4) is 11.4 Å². The molecule has 10 heteroatoms. The second-order valence-corrected chi connectivity index (χ2v) is 11.1. The molecule has 1 heterocycles. The van der Waals surface area contributed by atoms with E-state index in [1.54, 1.807) is 0 Å². The van der Waals surface area contributed by atoms with Crippen molar-refractivity contribution in [3.63, 3.8) is 0 Å². The zero-order chi connectivity index (χ0) is 27.8. The standard InChI is InChI=1S/C30H18F5N4P/c31-25-22(26(32)28(34)29(35)27(25)33)17-39-30(36-37-38-39)24-21-14-8-7-9-18(21)15-16-23(24)40(19-10-3-1-4-11-19)20-12-5-2-6-13-20/h1-16H,17H2. The molecule has 198 valence electrons. The van der Waals surface area contributed by atoms with Gasteiger partial charge >= 0.3 is 0 Å². The number of nitrogens with zero attached hydrogens (tertiary/aromatic N) is 4. The Labute approximate surface area is 226 Å². The van der Waals surface area contributed by atoms with Crippen LogP contribution in [-0.2, 0) is 6.54 Å². The first-order valence-corrected chi connectivity index (χ1v) is 13.5. The molecule has 0 unspecified atom stereocenters. The van der Waals surface area contributed by atoms with Crippen molar-refractivity contribution in [2.45, 2.75) is 6.54 Å². The van der Waals surface area contributed by atoms with E-state index in [2.05, 4.69) is 15.5 Å². The highest BCUT2D eigenvalue weighted by molar-refractivity contribution is 7.80. The molecule has 5 aromatic carbocycles. The molecule has 6 rings (SSSR count). The first-order valence-electron chi connectivity index (χ1n) is 12.1. The quantitative estimate of drug-likeness (QED) is 0.109. The molecule has 0 bridgehead atoms. The van der Waals surface area contributed by atoms with Gasteiger partial charge in [-0.2, -0.15) is 0 Å². The fourth-order valence-corrected chi connectivity index (χ4v) is 7.15. The molecule has 0 amide bonds. The third-order valence-corrected chi connectivity index (χ3v) is 9.02. The summed E-state index contributed by atoms with van der Waals surface area (Å²) < 4.78 is 72.0. The Morgan fingerprint density at radius 3 is 1.77 bits per heavy atom. The van der Waals surface area contributed by atoms with Crippen LogP contribution in [0.5, 0.6) is 0 Å². The maximum Gasteiger partial charge on any atom is 0.200 e. The largest absolute Gasteiger partial charge is 0.221 e. The van der Waals surface area contributed by atoms with Crippen LogP contribution in [-0.4, -0.2) is 20.2 Å². The van der Waals surface area contributed by atoms with Crippen LogP contribution in [0, 0.1) is 29.1 Å². The number of halogens is 5. The maximum absolute atomic E-state index is 14.6. The van der Waals surface area contributed by atoms with Gasteiger partial charge in [0.1, 0.15) is 0 Å². The third-order valence-electron chi connectivity index (χ3n) is 6.54. The van der Waals surface area contributed by atoms with E-state index in [1.165, 1.54) is 0 Å². The van der Waals surface area contributed by atoms with Gasteiger partial charge in [0.15, 0.2) is 29.1 Å². The molecular weight excluding hydrogens is 542 g/mol. The number of rotatable bonds is 6. The maximum atomic E-state index is 14.6. The van der Waals surface area contributed by atoms with Gasteiger partial charge in [-0.3, -0.25) is 0 Å². The van der Waals surface area contributed by atoms with Crippen LogP contribution in [0.2, 0.25) is 0 Å². The van der Waals surface area contributed by atoms with E-state index in [0.29, 0.717) is 5.56 Å². The van der Waals surface area contributed by atoms with E-state index in [9.17, 15) is 22.0 Å². The number of aromatic nitrogens is 4. The van der Waals surface area contributed by atoms with Crippen molar-refractivity contribution in [1.29, 1.82) is 0 Å². The van der Waals surface area contributed by atoms with Gasteiger partial charge in [0.25, 0.3) is 0 Å². The van der Waals surface area contributed by atoms with Crippen LogP contribution in [0.15, 0.2) is 97.1 Å². The number of tetrazole rings is 1. The second kappa shape index (κ2) is 10.6. The highest BCUT2D eigenvalue weighted by atomic mass is 31.1. The first kappa shape index (κ1) is 25.8. The Kier molecular flexibility index (Phi) is 6.82. The summed E-state index contributed by atoms with van der Waals surface area (Å²) in [7, 11) is -1.17. The fourth-order valence-electron chi connectivity index (χ4n) is 4.69. The molecule has 40 heavy (non-hydrogen) atoms. The predicted octanol–water partition coefficient (Wildman–Crippen LogP) is 6.00. The molecule has 0 atom stereocenters. The Morgan fingerprint density at radius 1 is 0.600 bits per heavy atom. The third kappa shape index (κ3) is 4.42. The van der Waals surface area contributed by atoms with Crippen molar-refractivity contribution >= 4 is 34.6 Å². The summed E-state index contributed by atoms with van der Waals surface area (Å²) in [5.74, 6) is -9.98. The highest BCUT2D eigenvalue weighted by Gasteiger charge is 2.29. The minimum absolute atomic E-state index is 0.134. The lowest BCUT2D eigenvalue weighted by Crippen LogP contribution is -2.23. The Balaban J connectivity index is 1.60. The molecule has 0 spiro atoms. The summed E-state index contributed by atoms with van der Waals surface area (Å²) >= 11 is 0. The van der Waals surface area contributed by atoms with E-state index < -0.39 is 49.1 Å². The smallest absolute Gasteiger partial charge is 0.200 e. The average molecular weight is 560 g/mol. The van der Waals surface area contributed by atoms with Crippen LogP contribution < -0.4 is 15.9 Å². The fraction of sp³-hybridized carbons (Fsp3) is 0.0333. The monoisotopic (exact) mass is 560 g/mol. The highest BCUT2D eigenvalue weighted by Crippen LogP contribution is 2.39. The normalized spacial score (nSPS) is 11.4. The summed E-state index contributed by atoms with van der Waals surface area (Å²) in [6.07, 6.45) is 0. The average Bonchev–Trinajstić information content (AvgIpc) is 3.46. The molecule has 4 nitrogen and oxygen atoms in total. The van der Waals surface area contributed by atoms with E-state index in [-0.39, 0.29) is 5.82 Å². The number of benzene rings is 5. The van der Waals surface area contributed by atoms with Gasteiger partial charge in [0.2, 0.25) is 5.82 Å². The van der Waals surface area contributed by atoms with E-state index >= 15 is 0 Å². The number of hydrogen-bond donors (Lipinski definition) is 0. The topological polar surface area (TPSA) is 43.6 Å². The van der Waals surface area contributed by atoms with Crippen molar-refractivity contribution < 1.29 is 22.0 Å². The summed E-state index contributed by atoms with van der Waals surface area (Å²) in [4.78, 5) is 0. The van der Waals surface area contributed by atoms with Gasteiger partial charge in [-0.25, -0.2) is 26.6 Å². The van der Waals surface area contributed by atoms with Crippen molar-refractivity contribution in [3.05, 3.63) is 132 Å². The molecule has 0 aliphatic rings. The van der Waals surface area contributed by atoms with E-state index in [4.69, 9.17) is 0 Å². The van der Waals surface area contributed by atoms with E-state index in [1.807, 2.05) is 97.1 Å². The van der Waals surface area contributed by atoms with Crippen molar-refractivity contribution in [2.75, 3.05) is 0 Å². The summed E-state index contributed by atoms with van der Waals surface area (Å²) in [6, 6.07) is 31.2. The molecular formula is C30H18F5N4P. The molecule has 0 fully saturated rings. The van der Waals surface area contributed by atoms with Gasteiger partial charge in [0.05, 0.1) is 12.1 Å². The van der Waals surface area contributed by atoms with Crippen molar-refractivity contribution in [2.24, 2.45) is 0 Å². The molecule has 6 aromatic rings.